The molecule has 0 aliphatic carbocycles. The lowest BCUT2D eigenvalue weighted by molar-refractivity contribution is 0.134. The van der Waals surface area contributed by atoms with Crippen molar-refractivity contribution in [2.24, 2.45) is 0 Å². The first kappa shape index (κ1) is 19.6. The highest BCUT2D eigenvalue weighted by Crippen LogP contribution is 2.36. The molecule has 0 saturated heterocycles. The van der Waals surface area contributed by atoms with E-state index in [1.807, 2.05) is 14.1 Å². The van der Waals surface area contributed by atoms with Gasteiger partial charge in [-0.15, -0.1) is 17.0 Å². The summed E-state index contributed by atoms with van der Waals surface area (Å²) in [5.41, 5.74) is 5.76. The summed E-state index contributed by atoms with van der Waals surface area (Å²) in [6.45, 7) is 2.06. The molecule has 5 heteroatoms. The Morgan fingerprint density at radius 2 is 1.92 bits per heavy atom. The van der Waals surface area contributed by atoms with Crippen LogP contribution in [-0.4, -0.2) is 25.5 Å². The minimum absolute atomic E-state index is 0. The van der Waals surface area contributed by atoms with Crippen molar-refractivity contribution in [2.75, 3.05) is 20.6 Å². The lowest BCUT2D eigenvalue weighted by atomic mass is 9.87. The highest BCUT2D eigenvalue weighted by atomic mass is 79.9. The molecule has 2 aromatic carbocycles. The first-order chi connectivity index (χ1) is 11.6. The molecule has 0 atom stereocenters. The van der Waals surface area contributed by atoms with E-state index >= 15 is 0 Å². The maximum absolute atomic E-state index is 13.3. The lowest BCUT2D eigenvalue weighted by Crippen LogP contribution is -2.14. The molecular formula is C20H22BrFN2O. The maximum atomic E-state index is 13.3. The molecule has 0 unspecified atom stereocenters. The summed E-state index contributed by atoms with van der Waals surface area (Å²) in [4.78, 5) is 2.14. The zero-order valence-electron chi connectivity index (χ0n) is 14.5. The van der Waals surface area contributed by atoms with E-state index in [0.717, 1.165) is 47.2 Å². The number of ether oxygens (including phenoxy) is 1. The number of nitriles is 1. The molecule has 1 aliphatic heterocycles. The van der Waals surface area contributed by atoms with Gasteiger partial charge in [0.2, 0.25) is 0 Å². The Morgan fingerprint density at radius 1 is 1.20 bits per heavy atom. The van der Waals surface area contributed by atoms with Gasteiger partial charge in [-0.2, -0.15) is 5.26 Å². The Hall–Kier alpha value is -1.74. The highest BCUT2D eigenvalue weighted by Gasteiger charge is 2.22. The van der Waals surface area contributed by atoms with Gasteiger partial charge in [0.15, 0.2) is 0 Å². The fraction of sp³-hybridized carbons (Fsp3) is 0.350. The van der Waals surface area contributed by atoms with Crippen LogP contribution in [0.15, 0.2) is 30.3 Å². The van der Waals surface area contributed by atoms with Crippen LogP contribution in [0.5, 0.6) is 0 Å². The largest absolute Gasteiger partial charge is 0.372 e. The molecule has 0 aromatic heterocycles. The number of fused-ring (bicyclic) bond motifs is 1. The van der Waals surface area contributed by atoms with Gasteiger partial charge >= 0.3 is 0 Å². The highest BCUT2D eigenvalue weighted by molar-refractivity contribution is 8.93. The van der Waals surface area contributed by atoms with Crippen molar-refractivity contribution in [3.63, 3.8) is 0 Å². The van der Waals surface area contributed by atoms with E-state index in [-0.39, 0.29) is 22.8 Å². The molecule has 0 N–H and O–H groups in total. The van der Waals surface area contributed by atoms with E-state index in [9.17, 15) is 9.65 Å². The smallest absolute Gasteiger partial charge is 0.123 e. The van der Waals surface area contributed by atoms with Crippen molar-refractivity contribution in [2.45, 2.75) is 26.1 Å². The average molecular weight is 405 g/mol. The second-order valence-corrected chi connectivity index (χ2v) is 6.44. The molecule has 2 aromatic rings. The van der Waals surface area contributed by atoms with Crippen molar-refractivity contribution >= 4 is 17.0 Å². The van der Waals surface area contributed by atoms with E-state index in [1.165, 1.54) is 12.1 Å². The minimum Gasteiger partial charge on any atom is -0.372 e. The molecule has 132 valence electrons. The first-order valence-electron chi connectivity index (χ1n) is 8.16. The summed E-state index contributed by atoms with van der Waals surface area (Å²) >= 11 is 0. The maximum Gasteiger partial charge on any atom is 0.123 e. The predicted octanol–water partition coefficient (Wildman–Crippen LogP) is 4.47. The first-order valence-corrected chi connectivity index (χ1v) is 8.16. The minimum atomic E-state index is -0.271. The van der Waals surface area contributed by atoms with Gasteiger partial charge in [-0.1, -0.05) is 18.2 Å². The fourth-order valence-corrected chi connectivity index (χ4v) is 3.24. The fourth-order valence-electron chi connectivity index (χ4n) is 3.24. The summed E-state index contributed by atoms with van der Waals surface area (Å²) in [5.74, 6) is -0.271. The third-order valence-electron chi connectivity index (χ3n) is 4.41. The number of aryl methyl sites for hydroxylation is 1. The molecule has 25 heavy (non-hydrogen) atoms. The Morgan fingerprint density at radius 3 is 2.56 bits per heavy atom. The second-order valence-electron chi connectivity index (χ2n) is 6.44. The average Bonchev–Trinajstić information content (AvgIpc) is 3.02. The molecule has 1 aliphatic rings. The van der Waals surface area contributed by atoms with Gasteiger partial charge in [-0.3, -0.25) is 0 Å². The number of nitrogens with zero attached hydrogens (tertiary/aromatic N) is 2. The standard InChI is InChI=1S/C20H21FN2O.BrH/c1-23(2)9-3-4-15-10-16-12-24-13-19(16)20(18(15)11-22)14-5-7-17(21)8-6-14;/h5-8,10H,3-4,9,12-13H2,1-2H3;1H. The van der Waals surface area contributed by atoms with Crippen molar-refractivity contribution in [1.82, 2.24) is 4.90 Å². The van der Waals surface area contributed by atoms with Crippen LogP contribution < -0.4 is 0 Å². The van der Waals surface area contributed by atoms with Crippen LogP contribution in [0.1, 0.15) is 28.7 Å². The second kappa shape index (κ2) is 8.57. The van der Waals surface area contributed by atoms with Gasteiger partial charge in [0, 0.05) is 5.56 Å². The Balaban J connectivity index is 0.00000225. The summed E-state index contributed by atoms with van der Waals surface area (Å²) in [7, 11) is 4.09. The summed E-state index contributed by atoms with van der Waals surface area (Å²) in [6, 6.07) is 10.9. The molecule has 0 fully saturated rings. The van der Waals surface area contributed by atoms with Crippen LogP contribution in [0.3, 0.4) is 0 Å². The zero-order valence-corrected chi connectivity index (χ0v) is 16.2. The Labute approximate surface area is 158 Å². The molecule has 0 spiro atoms. The van der Waals surface area contributed by atoms with Crippen molar-refractivity contribution in [1.29, 1.82) is 5.26 Å². The molecule has 0 saturated carbocycles. The summed E-state index contributed by atoms with van der Waals surface area (Å²) in [6.07, 6.45) is 1.84. The monoisotopic (exact) mass is 404 g/mol. The number of halogens is 2. The van der Waals surface area contributed by atoms with Crippen LogP contribution in [-0.2, 0) is 24.4 Å². The SMILES string of the molecule is Br.CN(C)CCCc1cc2c(c(-c3ccc(F)cc3)c1C#N)COC2. The normalized spacial score (nSPS) is 12.6. The number of hydrogen-bond acceptors (Lipinski definition) is 3. The Bertz CT molecular complexity index is 782. The van der Waals surface area contributed by atoms with E-state index in [0.29, 0.717) is 18.8 Å². The number of hydrogen-bond donors (Lipinski definition) is 0. The summed E-state index contributed by atoms with van der Waals surface area (Å²) < 4.78 is 18.9. The van der Waals surface area contributed by atoms with Gasteiger partial charge < -0.3 is 9.64 Å². The Kier molecular flexibility index (Phi) is 6.71. The molecule has 3 nitrogen and oxygen atoms in total. The van der Waals surface area contributed by atoms with Crippen LogP contribution >= 0.6 is 17.0 Å². The van der Waals surface area contributed by atoms with E-state index < -0.39 is 0 Å². The van der Waals surface area contributed by atoms with E-state index in [2.05, 4.69) is 17.0 Å². The van der Waals surface area contributed by atoms with Crippen molar-refractivity contribution in [3.8, 4) is 17.2 Å². The summed E-state index contributed by atoms with van der Waals surface area (Å²) in [5, 5.41) is 9.78. The third kappa shape index (κ3) is 4.27. The van der Waals surface area contributed by atoms with E-state index in [1.54, 1.807) is 12.1 Å². The molecule has 0 radical (unpaired) electrons. The molecule has 0 amide bonds. The zero-order chi connectivity index (χ0) is 17.1. The van der Waals surface area contributed by atoms with Gasteiger partial charge in [-0.05, 0) is 67.9 Å². The molecule has 3 rings (SSSR count). The van der Waals surface area contributed by atoms with Crippen LogP contribution in [0.2, 0.25) is 0 Å². The molecule has 1 heterocycles. The van der Waals surface area contributed by atoms with Gasteiger partial charge in [0.05, 0.1) is 18.8 Å². The van der Waals surface area contributed by atoms with Crippen LogP contribution in [0.25, 0.3) is 11.1 Å². The number of benzene rings is 2. The van der Waals surface area contributed by atoms with E-state index in [4.69, 9.17) is 4.74 Å². The van der Waals surface area contributed by atoms with Crippen molar-refractivity contribution < 1.29 is 9.13 Å². The van der Waals surface area contributed by atoms with Gasteiger partial charge in [0.1, 0.15) is 11.9 Å². The molecular weight excluding hydrogens is 383 g/mol. The van der Waals surface area contributed by atoms with Crippen LogP contribution in [0, 0.1) is 17.1 Å². The quantitative estimate of drug-likeness (QED) is 0.737. The predicted molar refractivity (Wildman–Crippen MR) is 102 cm³/mol. The van der Waals surface area contributed by atoms with Crippen molar-refractivity contribution in [3.05, 3.63) is 58.4 Å². The topological polar surface area (TPSA) is 36.3 Å². The van der Waals surface area contributed by atoms with Gasteiger partial charge in [0.25, 0.3) is 0 Å². The van der Waals surface area contributed by atoms with Gasteiger partial charge in [-0.25, -0.2) is 4.39 Å². The third-order valence-corrected chi connectivity index (χ3v) is 4.41. The lowest BCUT2D eigenvalue weighted by Gasteiger charge is -2.16. The number of rotatable bonds is 5. The molecule has 0 bridgehead atoms. The van der Waals surface area contributed by atoms with Crippen LogP contribution in [0.4, 0.5) is 4.39 Å².